The van der Waals surface area contributed by atoms with E-state index in [0.717, 1.165) is 30.3 Å². The molecule has 1 fully saturated rings. The Morgan fingerprint density at radius 1 is 1.28 bits per heavy atom. The number of aliphatic carboxylic acids is 1. The number of carbonyl (C=O) groups is 2. The Balaban J connectivity index is 1.64. The molecule has 6 nitrogen and oxygen atoms in total. The summed E-state index contributed by atoms with van der Waals surface area (Å²) in [5, 5.41) is 13.0. The molecule has 0 radical (unpaired) electrons. The Morgan fingerprint density at radius 2 is 2.00 bits per heavy atom. The summed E-state index contributed by atoms with van der Waals surface area (Å²) in [6.45, 7) is 5.62. The van der Waals surface area contributed by atoms with Gasteiger partial charge in [-0.15, -0.1) is 0 Å². The number of benzene rings is 1. The molecular formula is C19H25N3O3. The van der Waals surface area contributed by atoms with Gasteiger partial charge in [0.25, 0.3) is 5.91 Å². The maximum Gasteiger partial charge on any atom is 0.317 e. The molecule has 2 aromatic rings. The molecule has 1 saturated carbocycles. The van der Waals surface area contributed by atoms with Crippen LogP contribution in [0.4, 0.5) is 0 Å². The predicted octanol–water partition coefficient (Wildman–Crippen LogP) is 2.33. The number of carbonyl (C=O) groups excluding carboxylic acids is 1. The summed E-state index contributed by atoms with van der Waals surface area (Å²) in [6, 6.07) is 8.29. The molecule has 0 atom stereocenters. The lowest BCUT2D eigenvalue weighted by Gasteiger charge is -2.42. The van der Waals surface area contributed by atoms with Crippen LogP contribution in [-0.4, -0.2) is 51.6 Å². The van der Waals surface area contributed by atoms with E-state index in [1.165, 1.54) is 0 Å². The van der Waals surface area contributed by atoms with Gasteiger partial charge in [0, 0.05) is 35.7 Å². The van der Waals surface area contributed by atoms with Crippen molar-refractivity contribution in [3.63, 3.8) is 0 Å². The van der Waals surface area contributed by atoms with Crippen LogP contribution in [0.2, 0.25) is 0 Å². The minimum absolute atomic E-state index is 0.0480. The Labute approximate surface area is 147 Å². The van der Waals surface area contributed by atoms with Gasteiger partial charge in [0.1, 0.15) is 0 Å². The number of para-hydroxylation sites is 1. The van der Waals surface area contributed by atoms with Gasteiger partial charge < -0.3 is 15.0 Å². The molecule has 0 unspecified atom stereocenters. The largest absolute Gasteiger partial charge is 0.480 e. The second-order valence-electron chi connectivity index (χ2n) is 6.60. The average Bonchev–Trinajstić information content (AvgIpc) is 2.94. The molecule has 1 amide bonds. The average molecular weight is 343 g/mol. The van der Waals surface area contributed by atoms with E-state index in [0.29, 0.717) is 12.1 Å². The van der Waals surface area contributed by atoms with Crippen LogP contribution in [0.25, 0.3) is 10.9 Å². The lowest BCUT2D eigenvalue weighted by molar-refractivity contribution is -0.139. The van der Waals surface area contributed by atoms with Crippen molar-refractivity contribution in [2.45, 2.75) is 45.3 Å². The number of nitrogens with one attached hydrogen (secondary N) is 1. The molecule has 2 N–H and O–H groups in total. The van der Waals surface area contributed by atoms with E-state index < -0.39 is 5.97 Å². The first-order valence-corrected chi connectivity index (χ1v) is 8.88. The normalized spacial score (nSPS) is 19.8. The molecule has 0 aliphatic heterocycles. The van der Waals surface area contributed by atoms with Crippen molar-refractivity contribution < 1.29 is 14.7 Å². The summed E-state index contributed by atoms with van der Waals surface area (Å²) in [5.74, 6) is -0.852. The molecule has 0 spiro atoms. The summed E-state index contributed by atoms with van der Waals surface area (Å²) in [7, 11) is 0. The van der Waals surface area contributed by atoms with Crippen molar-refractivity contribution in [1.82, 2.24) is 14.8 Å². The number of nitrogens with zero attached hydrogens (tertiary/aromatic N) is 2. The summed E-state index contributed by atoms with van der Waals surface area (Å²) in [5.41, 5.74) is 1.78. The van der Waals surface area contributed by atoms with Gasteiger partial charge in [-0.05, 0) is 32.4 Å². The molecule has 1 aromatic carbocycles. The van der Waals surface area contributed by atoms with E-state index in [2.05, 4.69) is 16.8 Å². The Bertz CT molecular complexity index is 777. The van der Waals surface area contributed by atoms with Crippen molar-refractivity contribution in [3.05, 3.63) is 36.0 Å². The Kier molecular flexibility index (Phi) is 5.08. The highest BCUT2D eigenvalue weighted by molar-refractivity contribution is 6.07. The number of hydrogen-bond acceptors (Lipinski definition) is 3. The van der Waals surface area contributed by atoms with Crippen molar-refractivity contribution in [1.29, 1.82) is 0 Å². The van der Waals surface area contributed by atoms with Gasteiger partial charge in [-0.3, -0.25) is 14.5 Å². The summed E-state index contributed by atoms with van der Waals surface area (Å²) in [4.78, 5) is 25.5. The third-order valence-corrected chi connectivity index (χ3v) is 5.08. The van der Waals surface area contributed by atoms with Crippen LogP contribution in [0.1, 0.15) is 37.0 Å². The second kappa shape index (κ2) is 7.27. The first-order chi connectivity index (χ1) is 12.0. The fraction of sp³-hybridized carbons (Fsp3) is 0.474. The summed E-state index contributed by atoms with van der Waals surface area (Å²) >= 11 is 0. The van der Waals surface area contributed by atoms with Gasteiger partial charge in [-0.2, -0.15) is 0 Å². The van der Waals surface area contributed by atoms with Crippen LogP contribution in [-0.2, 0) is 11.3 Å². The Morgan fingerprint density at radius 3 is 2.64 bits per heavy atom. The molecule has 6 heteroatoms. The first-order valence-electron chi connectivity index (χ1n) is 8.88. The minimum Gasteiger partial charge on any atom is -0.480 e. The van der Waals surface area contributed by atoms with Crippen molar-refractivity contribution >= 4 is 22.8 Å². The molecular weight excluding hydrogens is 318 g/mol. The van der Waals surface area contributed by atoms with Gasteiger partial charge >= 0.3 is 5.97 Å². The minimum atomic E-state index is -0.804. The van der Waals surface area contributed by atoms with Gasteiger partial charge in [0.15, 0.2) is 0 Å². The maximum absolute atomic E-state index is 12.7. The molecule has 1 aliphatic rings. The number of amides is 1. The monoisotopic (exact) mass is 343 g/mol. The first kappa shape index (κ1) is 17.5. The van der Waals surface area contributed by atoms with Crippen LogP contribution < -0.4 is 5.32 Å². The third kappa shape index (κ3) is 3.54. The van der Waals surface area contributed by atoms with E-state index in [9.17, 15) is 9.59 Å². The van der Waals surface area contributed by atoms with E-state index >= 15 is 0 Å². The topological polar surface area (TPSA) is 74.6 Å². The number of aryl methyl sites for hydroxylation is 1. The van der Waals surface area contributed by atoms with Crippen LogP contribution in [0.5, 0.6) is 0 Å². The molecule has 25 heavy (non-hydrogen) atoms. The lowest BCUT2D eigenvalue weighted by atomic mass is 9.85. The summed E-state index contributed by atoms with van der Waals surface area (Å²) < 4.78 is 2.08. The van der Waals surface area contributed by atoms with E-state index in [1.807, 2.05) is 42.3 Å². The van der Waals surface area contributed by atoms with Crippen molar-refractivity contribution in [2.75, 3.05) is 13.1 Å². The van der Waals surface area contributed by atoms with Gasteiger partial charge in [0.05, 0.1) is 12.1 Å². The smallest absolute Gasteiger partial charge is 0.317 e. The molecule has 1 aliphatic carbocycles. The van der Waals surface area contributed by atoms with Crippen LogP contribution in [0, 0.1) is 0 Å². The quantitative estimate of drug-likeness (QED) is 0.809. The van der Waals surface area contributed by atoms with Crippen LogP contribution >= 0.6 is 0 Å². The molecule has 134 valence electrons. The van der Waals surface area contributed by atoms with Crippen LogP contribution in [0.3, 0.4) is 0 Å². The number of carboxylic acids is 1. The predicted molar refractivity (Wildman–Crippen MR) is 96.8 cm³/mol. The van der Waals surface area contributed by atoms with Gasteiger partial charge in [-0.25, -0.2) is 0 Å². The molecule has 0 bridgehead atoms. The number of fused-ring (bicyclic) bond motifs is 1. The van der Waals surface area contributed by atoms with Gasteiger partial charge in [0.2, 0.25) is 0 Å². The second-order valence-corrected chi connectivity index (χ2v) is 6.60. The van der Waals surface area contributed by atoms with E-state index in [1.54, 1.807) is 0 Å². The summed E-state index contributed by atoms with van der Waals surface area (Å²) in [6.07, 6.45) is 3.53. The number of carboxylic acid groups (broad SMARTS) is 1. The maximum atomic E-state index is 12.7. The number of aromatic nitrogens is 1. The zero-order valence-electron chi connectivity index (χ0n) is 14.7. The standard InChI is InChI=1S/C19H25N3O3/c1-3-21(12-18(23)24)14-9-13(10-14)20-19(25)16-11-22(4-2)17-8-6-5-7-15(16)17/h5-8,11,13-14H,3-4,9-10,12H2,1-2H3,(H,20,25)(H,23,24). The van der Waals surface area contributed by atoms with Crippen LogP contribution in [0.15, 0.2) is 30.5 Å². The SMILES string of the molecule is CCN(CC(=O)O)C1CC(NC(=O)c2cn(CC)c3ccccc23)C1. The molecule has 3 rings (SSSR count). The van der Waals surface area contributed by atoms with E-state index in [4.69, 9.17) is 5.11 Å². The Hall–Kier alpha value is -2.34. The number of rotatable bonds is 7. The van der Waals surface area contributed by atoms with Gasteiger partial charge in [-0.1, -0.05) is 25.1 Å². The zero-order valence-corrected chi connectivity index (χ0v) is 14.7. The lowest BCUT2D eigenvalue weighted by Crippen LogP contribution is -2.54. The van der Waals surface area contributed by atoms with Crippen molar-refractivity contribution in [2.24, 2.45) is 0 Å². The molecule has 1 heterocycles. The fourth-order valence-electron chi connectivity index (χ4n) is 3.63. The van der Waals surface area contributed by atoms with Crippen molar-refractivity contribution in [3.8, 4) is 0 Å². The fourth-order valence-corrected chi connectivity index (χ4v) is 3.63. The number of hydrogen-bond donors (Lipinski definition) is 2. The highest BCUT2D eigenvalue weighted by atomic mass is 16.4. The highest BCUT2D eigenvalue weighted by Gasteiger charge is 2.35. The zero-order chi connectivity index (χ0) is 18.0. The molecule has 1 aromatic heterocycles. The number of likely N-dealkylation sites (N-methyl/N-ethyl adjacent to an activating group) is 1. The third-order valence-electron chi connectivity index (χ3n) is 5.08. The molecule has 0 saturated heterocycles. The highest BCUT2D eigenvalue weighted by Crippen LogP contribution is 2.27. The van der Waals surface area contributed by atoms with E-state index in [-0.39, 0.29) is 24.5 Å².